The third kappa shape index (κ3) is 3.19. The Morgan fingerprint density at radius 3 is 2.81 bits per heavy atom. The second-order valence-electron chi connectivity index (χ2n) is 7.84. The molecule has 2 N–H and O–H groups in total. The van der Waals surface area contributed by atoms with Gasteiger partial charge in [-0.25, -0.2) is 4.79 Å². The van der Waals surface area contributed by atoms with Gasteiger partial charge in [0.25, 0.3) is 0 Å². The van der Waals surface area contributed by atoms with Crippen LogP contribution in [-0.4, -0.2) is 44.3 Å². The average molecular weight is 369 g/mol. The maximum absolute atomic E-state index is 12.9. The molecule has 0 spiro atoms. The minimum Gasteiger partial charge on any atom is -0.423 e. The number of benzene rings is 1. The highest BCUT2D eigenvalue weighted by Crippen LogP contribution is 2.39. The fraction of sp³-hybridized carbons (Fsp3) is 0.526. The summed E-state index contributed by atoms with van der Waals surface area (Å²) in [6.07, 6.45) is 4.23. The van der Waals surface area contributed by atoms with Gasteiger partial charge in [-0.2, -0.15) is 5.06 Å². The predicted octanol–water partition coefficient (Wildman–Crippen LogP) is 2.18. The molecule has 0 radical (unpaired) electrons. The van der Waals surface area contributed by atoms with E-state index in [1.807, 2.05) is 30.3 Å². The summed E-state index contributed by atoms with van der Waals surface area (Å²) < 4.78 is 5.85. The van der Waals surface area contributed by atoms with Gasteiger partial charge in [-0.1, -0.05) is 30.3 Å². The number of nitrogens with zero attached hydrogens (tertiary/aromatic N) is 4. The topological polar surface area (TPSA) is 97.7 Å². The molecule has 142 valence electrons. The molecule has 2 unspecified atom stereocenters. The largest absolute Gasteiger partial charge is 0.423 e. The van der Waals surface area contributed by atoms with Crippen molar-refractivity contribution < 1.29 is 14.0 Å². The van der Waals surface area contributed by atoms with Crippen molar-refractivity contribution in [3.8, 4) is 0 Å². The molecule has 27 heavy (non-hydrogen) atoms. The van der Waals surface area contributed by atoms with Crippen LogP contribution in [0.25, 0.3) is 0 Å². The summed E-state index contributed by atoms with van der Waals surface area (Å²) in [4.78, 5) is 20.5. The van der Waals surface area contributed by atoms with Gasteiger partial charge < -0.3 is 15.1 Å². The number of hydrogen-bond acceptors (Lipinski definition) is 6. The van der Waals surface area contributed by atoms with Crippen LogP contribution in [0.5, 0.6) is 0 Å². The van der Waals surface area contributed by atoms with Gasteiger partial charge in [0.05, 0.1) is 6.04 Å². The third-order valence-electron chi connectivity index (χ3n) is 5.70. The lowest BCUT2D eigenvalue weighted by Crippen LogP contribution is -2.34. The molecule has 5 rings (SSSR count). The fourth-order valence-corrected chi connectivity index (χ4v) is 3.88. The summed E-state index contributed by atoms with van der Waals surface area (Å²) >= 11 is 0. The predicted molar refractivity (Wildman–Crippen MR) is 95.1 cm³/mol. The van der Waals surface area contributed by atoms with Crippen molar-refractivity contribution in [3.05, 3.63) is 47.7 Å². The highest BCUT2D eigenvalue weighted by molar-refractivity contribution is 5.77. The first kappa shape index (κ1) is 16.7. The number of nitrogens with two attached hydrogens (primary N) is 1. The van der Waals surface area contributed by atoms with Crippen LogP contribution >= 0.6 is 0 Å². The van der Waals surface area contributed by atoms with Crippen LogP contribution in [0, 0.1) is 0 Å². The maximum Gasteiger partial charge on any atom is 0.345 e. The first-order valence-electron chi connectivity index (χ1n) is 9.49. The standard InChI is InChI=1S/C19H23N5O3/c20-19(8-9-19)10-16-21-22-17(27-16)15-7-6-14-11-23(15)18(25)24(14)26-12-13-4-2-1-3-5-13/h1-5,14-15H,6-12,20H2. The van der Waals surface area contributed by atoms with Gasteiger partial charge >= 0.3 is 6.03 Å². The number of piperidine rings is 1. The number of hydroxylamine groups is 2. The van der Waals surface area contributed by atoms with Crippen molar-refractivity contribution in [2.45, 2.75) is 56.3 Å². The Hall–Kier alpha value is -2.45. The molecule has 1 saturated carbocycles. The van der Waals surface area contributed by atoms with E-state index >= 15 is 0 Å². The monoisotopic (exact) mass is 369 g/mol. The summed E-state index contributed by atoms with van der Waals surface area (Å²) in [6.45, 7) is 1.00. The number of hydrogen-bond donors (Lipinski definition) is 1. The number of amides is 2. The lowest BCUT2D eigenvalue weighted by atomic mass is 10.0. The Morgan fingerprint density at radius 2 is 2.04 bits per heavy atom. The lowest BCUT2D eigenvalue weighted by molar-refractivity contribution is -0.140. The van der Waals surface area contributed by atoms with Crippen LogP contribution in [0.3, 0.4) is 0 Å². The number of rotatable bonds is 6. The van der Waals surface area contributed by atoms with Crippen molar-refractivity contribution >= 4 is 6.03 Å². The minimum absolute atomic E-state index is 0.0682. The van der Waals surface area contributed by atoms with Gasteiger partial charge in [0, 0.05) is 18.5 Å². The van der Waals surface area contributed by atoms with E-state index in [0.29, 0.717) is 31.4 Å². The van der Waals surface area contributed by atoms with E-state index < -0.39 is 0 Å². The van der Waals surface area contributed by atoms with E-state index in [1.165, 1.54) is 5.06 Å². The number of carbonyl (C=O) groups excluding carboxylic acids is 1. The van der Waals surface area contributed by atoms with Crippen LogP contribution in [0.2, 0.25) is 0 Å². The van der Waals surface area contributed by atoms with Crippen LogP contribution in [0.15, 0.2) is 34.7 Å². The molecule has 1 aromatic heterocycles. The van der Waals surface area contributed by atoms with E-state index in [4.69, 9.17) is 15.0 Å². The summed E-state index contributed by atoms with van der Waals surface area (Å²) in [5.74, 6) is 1.07. The molecule has 3 fully saturated rings. The molecule has 2 aromatic rings. The smallest absolute Gasteiger partial charge is 0.345 e. The Kier molecular flexibility index (Phi) is 3.91. The van der Waals surface area contributed by atoms with Gasteiger partial charge in [0.15, 0.2) is 0 Å². The van der Waals surface area contributed by atoms with Gasteiger partial charge in [-0.15, -0.1) is 10.2 Å². The van der Waals surface area contributed by atoms with Gasteiger partial charge in [0.2, 0.25) is 11.8 Å². The summed E-state index contributed by atoms with van der Waals surface area (Å²) in [6, 6.07) is 9.61. The van der Waals surface area contributed by atoms with Crippen molar-refractivity contribution in [1.82, 2.24) is 20.2 Å². The molecular formula is C19H23N5O3. The van der Waals surface area contributed by atoms with E-state index in [2.05, 4.69) is 10.2 Å². The molecule has 2 bridgehead atoms. The van der Waals surface area contributed by atoms with Crippen molar-refractivity contribution in [3.63, 3.8) is 0 Å². The number of urea groups is 1. The summed E-state index contributed by atoms with van der Waals surface area (Å²) in [7, 11) is 0. The first-order chi connectivity index (χ1) is 13.1. The highest BCUT2D eigenvalue weighted by Gasteiger charge is 2.48. The number of aromatic nitrogens is 2. The first-order valence-corrected chi connectivity index (χ1v) is 9.49. The Bertz CT molecular complexity index is 835. The molecule has 1 aliphatic carbocycles. The molecule has 2 atom stereocenters. The van der Waals surface area contributed by atoms with E-state index in [-0.39, 0.29) is 23.7 Å². The lowest BCUT2D eigenvalue weighted by Gasteiger charge is -2.27. The van der Waals surface area contributed by atoms with Crippen molar-refractivity contribution in [2.24, 2.45) is 5.73 Å². The Morgan fingerprint density at radius 1 is 1.22 bits per heavy atom. The normalized spacial score (nSPS) is 25.9. The second-order valence-corrected chi connectivity index (χ2v) is 7.84. The van der Waals surface area contributed by atoms with Gasteiger partial charge in [-0.05, 0) is 31.2 Å². The van der Waals surface area contributed by atoms with E-state index in [9.17, 15) is 4.79 Å². The third-order valence-corrected chi connectivity index (χ3v) is 5.70. The van der Waals surface area contributed by atoms with Crippen LogP contribution in [0.4, 0.5) is 4.79 Å². The van der Waals surface area contributed by atoms with E-state index in [0.717, 1.165) is 31.2 Å². The SMILES string of the molecule is NC1(Cc2nnc(C3CCC4CN3C(=O)N4OCc3ccccc3)o2)CC1. The van der Waals surface area contributed by atoms with Gasteiger partial charge in [-0.3, -0.25) is 4.84 Å². The molecule has 1 aromatic carbocycles. The zero-order valence-corrected chi connectivity index (χ0v) is 15.1. The van der Waals surface area contributed by atoms with Crippen LogP contribution < -0.4 is 5.73 Å². The van der Waals surface area contributed by atoms with Crippen LogP contribution in [0.1, 0.15) is 49.1 Å². The number of carbonyl (C=O) groups is 1. The Labute approximate surface area is 157 Å². The highest BCUT2D eigenvalue weighted by atomic mass is 16.7. The molecular weight excluding hydrogens is 346 g/mol. The average Bonchev–Trinajstić information content (AvgIpc) is 3.14. The quantitative estimate of drug-likeness (QED) is 0.838. The second kappa shape index (κ2) is 6.31. The fourth-order valence-electron chi connectivity index (χ4n) is 3.88. The zero-order chi connectivity index (χ0) is 18.4. The van der Waals surface area contributed by atoms with E-state index in [1.54, 1.807) is 4.90 Å². The maximum atomic E-state index is 12.9. The molecule has 3 aliphatic rings. The molecule has 2 amide bonds. The summed E-state index contributed by atoms with van der Waals surface area (Å²) in [5.41, 5.74) is 7.00. The molecule has 8 nitrogen and oxygen atoms in total. The molecule has 2 saturated heterocycles. The van der Waals surface area contributed by atoms with Gasteiger partial charge in [0.1, 0.15) is 12.6 Å². The Balaban J connectivity index is 1.26. The van der Waals surface area contributed by atoms with Crippen LogP contribution in [-0.2, 0) is 17.9 Å². The number of fused-ring (bicyclic) bond motifs is 2. The van der Waals surface area contributed by atoms with Crippen molar-refractivity contribution in [2.75, 3.05) is 6.54 Å². The zero-order valence-electron chi connectivity index (χ0n) is 15.1. The minimum atomic E-state index is -0.187. The molecule has 3 heterocycles. The molecule has 8 heteroatoms. The summed E-state index contributed by atoms with van der Waals surface area (Å²) in [5, 5.41) is 9.85. The molecule has 2 aliphatic heterocycles. The van der Waals surface area contributed by atoms with Crippen molar-refractivity contribution in [1.29, 1.82) is 0 Å².